The molecule has 2 saturated heterocycles. The predicted octanol–water partition coefficient (Wildman–Crippen LogP) is 1.99. The topological polar surface area (TPSA) is 52.7 Å². The van der Waals surface area contributed by atoms with Crippen LogP contribution in [0.15, 0.2) is 17.5 Å². The lowest BCUT2D eigenvalue weighted by molar-refractivity contribution is -0.145. The third-order valence-corrected chi connectivity index (χ3v) is 7.28. The molecule has 3 heterocycles. The first-order valence-electron chi connectivity index (χ1n) is 10.0. The summed E-state index contributed by atoms with van der Waals surface area (Å²) in [6.45, 7) is 5.69. The van der Waals surface area contributed by atoms with E-state index in [1.54, 1.807) is 11.3 Å². The van der Waals surface area contributed by atoms with Crippen molar-refractivity contribution in [2.45, 2.75) is 32.1 Å². The number of rotatable bonds is 6. The van der Waals surface area contributed by atoms with Crippen LogP contribution in [0.25, 0.3) is 0 Å². The predicted molar refractivity (Wildman–Crippen MR) is 103 cm³/mol. The minimum absolute atomic E-state index is 0.107. The number of thiophene rings is 1. The van der Waals surface area contributed by atoms with Gasteiger partial charge >= 0.3 is 0 Å². The molecule has 1 N–H and O–H groups in total. The van der Waals surface area contributed by atoms with E-state index in [2.05, 4.69) is 10.2 Å². The van der Waals surface area contributed by atoms with E-state index in [9.17, 15) is 9.59 Å². The van der Waals surface area contributed by atoms with Gasteiger partial charge in [0.1, 0.15) is 0 Å². The molecule has 0 aromatic carbocycles. The van der Waals surface area contributed by atoms with Crippen molar-refractivity contribution in [3.05, 3.63) is 22.4 Å². The molecule has 2 aliphatic heterocycles. The van der Waals surface area contributed by atoms with Crippen molar-refractivity contribution in [3.63, 3.8) is 0 Å². The smallest absolute Gasteiger partial charge is 0.227 e. The van der Waals surface area contributed by atoms with Crippen LogP contribution in [0.2, 0.25) is 0 Å². The molecule has 1 aromatic rings. The number of amides is 2. The van der Waals surface area contributed by atoms with E-state index >= 15 is 0 Å². The maximum Gasteiger partial charge on any atom is 0.227 e. The molecule has 6 heteroatoms. The average Bonchev–Trinajstić information content (AvgIpc) is 3.30. The fourth-order valence-electron chi connectivity index (χ4n) is 4.76. The van der Waals surface area contributed by atoms with Crippen molar-refractivity contribution in [3.8, 4) is 0 Å². The van der Waals surface area contributed by atoms with Crippen LogP contribution < -0.4 is 5.32 Å². The zero-order chi connectivity index (χ0) is 17.9. The van der Waals surface area contributed by atoms with Gasteiger partial charge in [-0.25, -0.2) is 0 Å². The van der Waals surface area contributed by atoms with Gasteiger partial charge in [-0.2, -0.15) is 0 Å². The van der Waals surface area contributed by atoms with Gasteiger partial charge in [0.25, 0.3) is 0 Å². The number of carbonyl (C=O) groups excluding carboxylic acids is 2. The van der Waals surface area contributed by atoms with Crippen molar-refractivity contribution in [1.82, 2.24) is 15.1 Å². The fraction of sp³-hybridized carbons (Fsp3) is 0.700. The Balaban J connectivity index is 1.23. The Morgan fingerprint density at radius 3 is 2.85 bits per heavy atom. The van der Waals surface area contributed by atoms with Gasteiger partial charge in [0, 0.05) is 37.0 Å². The van der Waals surface area contributed by atoms with E-state index in [1.807, 2.05) is 22.4 Å². The van der Waals surface area contributed by atoms with Crippen molar-refractivity contribution in [2.24, 2.45) is 17.8 Å². The molecule has 0 unspecified atom stereocenters. The van der Waals surface area contributed by atoms with Gasteiger partial charge in [-0.3, -0.25) is 9.59 Å². The van der Waals surface area contributed by atoms with Crippen LogP contribution in [0.3, 0.4) is 0 Å². The van der Waals surface area contributed by atoms with Gasteiger partial charge in [-0.05, 0) is 62.1 Å². The number of piperidine rings is 1. The summed E-state index contributed by atoms with van der Waals surface area (Å²) in [5, 5.41) is 5.16. The van der Waals surface area contributed by atoms with Crippen LogP contribution in [0, 0.1) is 17.8 Å². The van der Waals surface area contributed by atoms with E-state index in [0.717, 1.165) is 43.9 Å². The van der Waals surface area contributed by atoms with Gasteiger partial charge in [0.2, 0.25) is 11.8 Å². The Morgan fingerprint density at radius 2 is 2.08 bits per heavy atom. The first-order valence-corrected chi connectivity index (χ1v) is 10.9. The second kappa shape index (κ2) is 8.09. The Labute approximate surface area is 159 Å². The van der Waals surface area contributed by atoms with Crippen LogP contribution >= 0.6 is 11.3 Å². The van der Waals surface area contributed by atoms with Gasteiger partial charge in [-0.15, -0.1) is 11.3 Å². The van der Waals surface area contributed by atoms with E-state index in [1.165, 1.54) is 25.9 Å². The van der Waals surface area contributed by atoms with E-state index in [4.69, 9.17) is 0 Å². The molecule has 3 atom stereocenters. The molecule has 4 rings (SSSR count). The first-order chi connectivity index (χ1) is 12.7. The number of likely N-dealkylation sites (tertiary alicyclic amines) is 2. The van der Waals surface area contributed by atoms with Gasteiger partial charge in [-0.1, -0.05) is 6.07 Å². The molecule has 0 bridgehead atoms. The van der Waals surface area contributed by atoms with Crippen LogP contribution in [-0.2, 0) is 16.0 Å². The van der Waals surface area contributed by atoms with Gasteiger partial charge in [0.15, 0.2) is 0 Å². The van der Waals surface area contributed by atoms with E-state index in [-0.39, 0.29) is 17.7 Å². The average molecular weight is 376 g/mol. The highest BCUT2D eigenvalue weighted by Crippen LogP contribution is 2.45. The number of hydrogen-bond donors (Lipinski definition) is 1. The monoisotopic (exact) mass is 375 g/mol. The summed E-state index contributed by atoms with van der Waals surface area (Å²) in [4.78, 5) is 30.7. The fourth-order valence-corrected chi connectivity index (χ4v) is 5.46. The van der Waals surface area contributed by atoms with Gasteiger partial charge < -0.3 is 15.1 Å². The highest BCUT2D eigenvalue weighted by molar-refractivity contribution is 7.10. The van der Waals surface area contributed by atoms with E-state index < -0.39 is 0 Å². The summed E-state index contributed by atoms with van der Waals surface area (Å²) in [6.07, 6.45) is 5.14. The molecule has 3 aliphatic rings. The number of fused-ring (bicyclic) bond motifs is 1. The zero-order valence-corrected chi connectivity index (χ0v) is 16.2. The molecule has 1 aliphatic carbocycles. The maximum atomic E-state index is 12.6. The Kier molecular flexibility index (Phi) is 5.60. The van der Waals surface area contributed by atoms with Crippen LogP contribution in [-0.4, -0.2) is 60.9 Å². The summed E-state index contributed by atoms with van der Waals surface area (Å²) in [5.74, 6) is 1.53. The van der Waals surface area contributed by atoms with Crippen molar-refractivity contribution in [2.75, 3.05) is 39.3 Å². The molecule has 1 aromatic heterocycles. The van der Waals surface area contributed by atoms with E-state index in [0.29, 0.717) is 18.3 Å². The summed E-state index contributed by atoms with van der Waals surface area (Å²) in [7, 11) is 0. The summed E-state index contributed by atoms with van der Waals surface area (Å²) in [5.41, 5.74) is 0. The largest absolute Gasteiger partial charge is 0.355 e. The number of hydrogen-bond acceptors (Lipinski definition) is 4. The molecular weight excluding hydrogens is 346 g/mol. The summed E-state index contributed by atoms with van der Waals surface area (Å²) < 4.78 is 0. The maximum absolute atomic E-state index is 12.6. The first kappa shape index (κ1) is 18.0. The molecule has 3 fully saturated rings. The van der Waals surface area contributed by atoms with Gasteiger partial charge in [0.05, 0.1) is 6.42 Å². The Bertz CT molecular complexity index is 627. The normalized spacial score (nSPS) is 28.5. The third-order valence-electron chi connectivity index (χ3n) is 6.40. The van der Waals surface area contributed by atoms with Crippen LogP contribution in [0.1, 0.15) is 30.6 Å². The Hall–Kier alpha value is -1.40. The van der Waals surface area contributed by atoms with Crippen molar-refractivity contribution in [1.29, 1.82) is 0 Å². The molecule has 0 radical (unpaired) electrons. The lowest BCUT2D eigenvalue weighted by Gasteiger charge is -2.50. The highest BCUT2D eigenvalue weighted by atomic mass is 32.1. The number of nitrogens with one attached hydrogen (secondary N) is 1. The van der Waals surface area contributed by atoms with Crippen molar-refractivity contribution < 1.29 is 9.59 Å². The standard InChI is InChI=1S/C20H29N3O2S/c24-19(13-16-4-3-11-26-16)23-9-5-15-12-17(18(15)14-23)20(25)21-6-10-22-7-1-2-8-22/h3-4,11,15,17-18H,1-2,5-10,12-14H2,(H,21,25)/t15-,17-,18-/m1/s1. The second-order valence-electron chi connectivity index (χ2n) is 7.99. The van der Waals surface area contributed by atoms with Crippen molar-refractivity contribution >= 4 is 23.2 Å². The Morgan fingerprint density at radius 1 is 1.23 bits per heavy atom. The third kappa shape index (κ3) is 3.96. The minimum Gasteiger partial charge on any atom is -0.355 e. The zero-order valence-electron chi connectivity index (χ0n) is 15.4. The molecule has 142 valence electrons. The highest BCUT2D eigenvalue weighted by Gasteiger charge is 2.48. The molecule has 0 spiro atoms. The van der Waals surface area contributed by atoms with Crippen LogP contribution in [0.4, 0.5) is 0 Å². The second-order valence-corrected chi connectivity index (χ2v) is 9.02. The number of carbonyl (C=O) groups is 2. The molecule has 5 nitrogen and oxygen atoms in total. The van der Waals surface area contributed by atoms with Crippen LogP contribution in [0.5, 0.6) is 0 Å². The SMILES string of the molecule is O=C(NCCN1CCCC1)[C@@H]1C[C@H]2CCN(C(=O)Cc3cccs3)C[C@H]21. The minimum atomic E-state index is 0.107. The molecule has 1 saturated carbocycles. The molecular formula is C20H29N3O2S. The molecule has 2 amide bonds. The lowest BCUT2D eigenvalue weighted by Crippen LogP contribution is -2.56. The summed E-state index contributed by atoms with van der Waals surface area (Å²) in [6, 6.07) is 4.02. The lowest BCUT2D eigenvalue weighted by atomic mass is 9.61. The molecule has 26 heavy (non-hydrogen) atoms. The number of nitrogens with zero attached hydrogens (tertiary/aromatic N) is 2. The summed E-state index contributed by atoms with van der Waals surface area (Å²) >= 11 is 1.64. The quantitative estimate of drug-likeness (QED) is 0.827.